The first-order valence-electron chi connectivity index (χ1n) is 8.20. The van der Waals surface area contributed by atoms with E-state index in [-0.39, 0.29) is 11.1 Å². The van der Waals surface area contributed by atoms with Gasteiger partial charge in [-0.3, -0.25) is 0 Å². The molecule has 0 aliphatic heterocycles. The summed E-state index contributed by atoms with van der Waals surface area (Å²) in [5, 5.41) is 22.3. The van der Waals surface area contributed by atoms with Crippen molar-refractivity contribution in [3.63, 3.8) is 0 Å². The lowest BCUT2D eigenvalue weighted by molar-refractivity contribution is 0.0696. The predicted octanol–water partition coefficient (Wildman–Crippen LogP) is 4.50. The maximum atomic E-state index is 11.3. The van der Waals surface area contributed by atoms with Crippen LogP contribution in [0, 0.1) is 0 Å². The molecular weight excluding hydrogens is 378 g/mol. The second-order valence-corrected chi connectivity index (χ2v) is 6.98. The highest BCUT2D eigenvalue weighted by atomic mass is 32.1. The molecule has 138 valence electrons. The topological polar surface area (TPSA) is 112 Å². The molecule has 3 N–H and O–H groups in total. The third-order valence-electron chi connectivity index (χ3n) is 4.08. The molecule has 4 aromatic rings. The number of nitrogens with one attached hydrogen (secondary N) is 1. The van der Waals surface area contributed by atoms with Gasteiger partial charge in [-0.1, -0.05) is 30.3 Å². The number of carboxylic acids is 2. The Morgan fingerprint density at radius 1 is 0.893 bits per heavy atom. The number of aromatic nitrogens is 2. The Morgan fingerprint density at radius 3 is 2.21 bits per heavy atom. The summed E-state index contributed by atoms with van der Waals surface area (Å²) < 4.78 is 0. The molecule has 0 saturated carbocycles. The smallest absolute Gasteiger partial charge is 0.335 e. The number of fused-ring (bicyclic) bond motifs is 1. The van der Waals surface area contributed by atoms with Gasteiger partial charge in [-0.05, 0) is 29.8 Å². The van der Waals surface area contributed by atoms with Gasteiger partial charge in [-0.2, -0.15) is 0 Å². The fraction of sp³-hybridized carbons (Fsp3) is 0. The van der Waals surface area contributed by atoms with E-state index in [2.05, 4.69) is 15.3 Å². The average Bonchev–Trinajstić information content (AvgIpc) is 3.14. The van der Waals surface area contributed by atoms with E-state index < -0.39 is 11.9 Å². The molecule has 28 heavy (non-hydrogen) atoms. The third-order valence-corrected chi connectivity index (χ3v) is 5.17. The van der Waals surface area contributed by atoms with Gasteiger partial charge in [0.15, 0.2) is 0 Å². The Bertz CT molecular complexity index is 1170. The predicted molar refractivity (Wildman–Crippen MR) is 106 cm³/mol. The zero-order valence-corrected chi connectivity index (χ0v) is 15.1. The fourth-order valence-corrected chi connectivity index (χ4v) is 3.79. The molecule has 0 aliphatic rings. The first-order chi connectivity index (χ1) is 13.5. The summed E-state index contributed by atoms with van der Waals surface area (Å²) in [5.74, 6) is -1.94. The van der Waals surface area contributed by atoms with Crippen LogP contribution in [0.25, 0.3) is 20.7 Å². The molecule has 0 spiro atoms. The van der Waals surface area contributed by atoms with Crippen molar-refractivity contribution < 1.29 is 19.8 Å². The van der Waals surface area contributed by atoms with E-state index in [9.17, 15) is 19.8 Å². The highest BCUT2D eigenvalue weighted by molar-refractivity contribution is 7.21. The average molecular weight is 391 g/mol. The fourth-order valence-electron chi connectivity index (χ4n) is 2.78. The molecule has 0 aliphatic carbocycles. The van der Waals surface area contributed by atoms with Crippen LogP contribution in [0.4, 0.5) is 11.5 Å². The minimum absolute atomic E-state index is 0.122. The number of nitrogens with zero attached hydrogens (tertiary/aromatic N) is 2. The number of anilines is 2. The summed E-state index contributed by atoms with van der Waals surface area (Å²) in [5.41, 5.74) is 1.13. The van der Waals surface area contributed by atoms with Crippen LogP contribution in [-0.4, -0.2) is 32.1 Å². The first-order valence-corrected chi connectivity index (χ1v) is 9.01. The first kappa shape index (κ1) is 17.6. The number of aromatic carboxylic acids is 2. The molecule has 0 saturated heterocycles. The van der Waals surface area contributed by atoms with Gasteiger partial charge in [-0.15, -0.1) is 11.3 Å². The largest absolute Gasteiger partial charge is 0.478 e. The van der Waals surface area contributed by atoms with Crippen molar-refractivity contribution in [1.29, 1.82) is 0 Å². The van der Waals surface area contributed by atoms with Gasteiger partial charge < -0.3 is 15.5 Å². The molecule has 2 heterocycles. The zero-order chi connectivity index (χ0) is 19.7. The second kappa shape index (κ2) is 7.09. The molecule has 8 heteroatoms. The van der Waals surface area contributed by atoms with Crippen LogP contribution in [0.1, 0.15) is 20.7 Å². The normalized spacial score (nSPS) is 10.7. The molecule has 7 nitrogen and oxygen atoms in total. The van der Waals surface area contributed by atoms with Crippen molar-refractivity contribution >= 4 is 45.0 Å². The van der Waals surface area contributed by atoms with E-state index in [1.54, 1.807) is 0 Å². The van der Waals surface area contributed by atoms with E-state index in [0.717, 1.165) is 26.7 Å². The van der Waals surface area contributed by atoms with Crippen LogP contribution < -0.4 is 5.32 Å². The number of carboxylic acid groups (broad SMARTS) is 2. The van der Waals surface area contributed by atoms with Crippen LogP contribution in [0.15, 0.2) is 60.9 Å². The Morgan fingerprint density at radius 2 is 1.57 bits per heavy atom. The molecule has 0 atom stereocenters. The summed E-state index contributed by atoms with van der Waals surface area (Å²) in [7, 11) is 0. The van der Waals surface area contributed by atoms with Gasteiger partial charge in [0.2, 0.25) is 0 Å². The Kier molecular flexibility index (Phi) is 4.46. The Balaban J connectivity index is 1.77. The maximum absolute atomic E-state index is 11.3. The molecule has 0 bridgehead atoms. The monoisotopic (exact) mass is 391 g/mol. The van der Waals surface area contributed by atoms with E-state index in [1.807, 2.05) is 36.4 Å². The van der Waals surface area contributed by atoms with Gasteiger partial charge in [0, 0.05) is 10.6 Å². The number of thiophene rings is 1. The summed E-state index contributed by atoms with van der Waals surface area (Å²) >= 11 is 1.51. The minimum atomic E-state index is -1.21. The SMILES string of the molecule is O=C(O)c1cc(Nc2ncnc3sc(-c4ccccc4)cc23)cc(C(=O)O)c1. The van der Waals surface area contributed by atoms with Gasteiger partial charge in [0.1, 0.15) is 17.0 Å². The second-order valence-electron chi connectivity index (χ2n) is 5.95. The van der Waals surface area contributed by atoms with Gasteiger partial charge in [0.05, 0.1) is 16.5 Å². The number of carbonyl (C=O) groups is 2. The van der Waals surface area contributed by atoms with Crippen molar-refractivity contribution in [2.45, 2.75) is 0 Å². The zero-order valence-electron chi connectivity index (χ0n) is 14.3. The summed E-state index contributed by atoms with van der Waals surface area (Å²) in [6, 6.07) is 15.7. The van der Waals surface area contributed by atoms with Crippen LogP contribution in [0.3, 0.4) is 0 Å². The highest BCUT2D eigenvalue weighted by Gasteiger charge is 2.14. The van der Waals surface area contributed by atoms with Crippen LogP contribution in [0.2, 0.25) is 0 Å². The standard InChI is InChI=1S/C20H13N3O4S/c24-19(25)12-6-13(20(26)27)8-14(7-12)23-17-15-9-16(11-4-2-1-3-5-11)28-18(15)22-10-21-17/h1-10H,(H,24,25)(H,26,27)(H,21,22,23). The van der Waals surface area contributed by atoms with Crippen molar-refractivity contribution in [2.75, 3.05) is 5.32 Å². The van der Waals surface area contributed by atoms with E-state index >= 15 is 0 Å². The van der Waals surface area contributed by atoms with Gasteiger partial charge >= 0.3 is 11.9 Å². The van der Waals surface area contributed by atoms with Crippen molar-refractivity contribution in [1.82, 2.24) is 9.97 Å². The van der Waals surface area contributed by atoms with Gasteiger partial charge in [-0.25, -0.2) is 19.6 Å². The van der Waals surface area contributed by atoms with Crippen LogP contribution in [-0.2, 0) is 0 Å². The van der Waals surface area contributed by atoms with E-state index in [1.165, 1.54) is 29.8 Å². The van der Waals surface area contributed by atoms with Crippen molar-refractivity contribution in [3.8, 4) is 10.4 Å². The number of hydrogen-bond donors (Lipinski definition) is 3. The minimum Gasteiger partial charge on any atom is -0.478 e. The quantitative estimate of drug-likeness (QED) is 0.459. The number of hydrogen-bond acceptors (Lipinski definition) is 6. The molecule has 0 fully saturated rings. The van der Waals surface area contributed by atoms with E-state index in [4.69, 9.17) is 0 Å². The number of rotatable bonds is 5. The number of benzene rings is 2. The molecule has 4 rings (SSSR count). The van der Waals surface area contributed by atoms with Crippen molar-refractivity contribution in [2.24, 2.45) is 0 Å². The lowest BCUT2D eigenvalue weighted by atomic mass is 10.1. The molecule has 2 aromatic carbocycles. The lowest BCUT2D eigenvalue weighted by Crippen LogP contribution is -2.04. The molecule has 0 amide bonds. The Labute approximate surface area is 162 Å². The Hall–Kier alpha value is -3.78. The molecule has 0 unspecified atom stereocenters. The highest BCUT2D eigenvalue weighted by Crippen LogP contribution is 2.35. The lowest BCUT2D eigenvalue weighted by Gasteiger charge is -2.08. The summed E-state index contributed by atoms with van der Waals surface area (Å²) in [4.78, 5) is 33.0. The van der Waals surface area contributed by atoms with Crippen LogP contribution >= 0.6 is 11.3 Å². The molecule has 2 aromatic heterocycles. The van der Waals surface area contributed by atoms with Gasteiger partial charge in [0.25, 0.3) is 0 Å². The summed E-state index contributed by atoms with van der Waals surface area (Å²) in [6.45, 7) is 0. The molecular formula is C20H13N3O4S. The van der Waals surface area contributed by atoms with Crippen molar-refractivity contribution in [3.05, 3.63) is 72.1 Å². The van der Waals surface area contributed by atoms with E-state index in [0.29, 0.717) is 11.5 Å². The molecule has 0 radical (unpaired) electrons. The van der Waals surface area contributed by atoms with Crippen LogP contribution in [0.5, 0.6) is 0 Å². The maximum Gasteiger partial charge on any atom is 0.335 e. The summed E-state index contributed by atoms with van der Waals surface area (Å²) in [6.07, 6.45) is 1.41. The third kappa shape index (κ3) is 3.40.